The molecule has 1 amide bonds. The minimum Gasteiger partial charge on any atom is -0.480 e. The van der Waals surface area contributed by atoms with Gasteiger partial charge in [-0.3, -0.25) is 14.5 Å². The van der Waals surface area contributed by atoms with E-state index in [1.165, 1.54) is 7.05 Å². The highest BCUT2D eigenvalue weighted by Gasteiger charge is 2.34. The van der Waals surface area contributed by atoms with Crippen LogP contribution in [0.25, 0.3) is 0 Å². The Morgan fingerprint density at radius 1 is 1.43 bits per heavy atom. The van der Waals surface area contributed by atoms with Crippen LogP contribution in [0.4, 0.5) is 0 Å². The largest absolute Gasteiger partial charge is 0.480 e. The lowest BCUT2D eigenvalue weighted by atomic mass is 10.0. The monoisotopic (exact) mass is 202 g/mol. The fourth-order valence-electron chi connectivity index (χ4n) is 1.09. The van der Waals surface area contributed by atoms with Crippen LogP contribution in [0.15, 0.2) is 0 Å². The third-order valence-corrected chi connectivity index (χ3v) is 2.31. The van der Waals surface area contributed by atoms with E-state index in [1.807, 2.05) is 6.92 Å². The van der Waals surface area contributed by atoms with Crippen LogP contribution in [0.5, 0.6) is 0 Å². The van der Waals surface area contributed by atoms with Gasteiger partial charge in [0.15, 0.2) is 0 Å². The number of rotatable bonds is 5. The van der Waals surface area contributed by atoms with Gasteiger partial charge in [0, 0.05) is 7.05 Å². The predicted molar refractivity (Wildman–Crippen MR) is 53.0 cm³/mol. The molecular formula is C9H18N2O3. The zero-order valence-corrected chi connectivity index (χ0v) is 9.13. The Balaban J connectivity index is 4.55. The Bertz CT molecular complexity index is 226. The number of nitrogens with zero attached hydrogens (tertiary/aromatic N) is 1. The van der Waals surface area contributed by atoms with Crippen molar-refractivity contribution in [2.45, 2.75) is 26.3 Å². The molecule has 0 fully saturated rings. The molecule has 0 bridgehead atoms. The molecule has 0 aliphatic carbocycles. The maximum absolute atomic E-state index is 11.1. The van der Waals surface area contributed by atoms with Crippen molar-refractivity contribution in [3.63, 3.8) is 0 Å². The highest BCUT2D eigenvalue weighted by atomic mass is 16.4. The molecule has 0 aliphatic heterocycles. The van der Waals surface area contributed by atoms with Gasteiger partial charge in [-0.1, -0.05) is 6.92 Å². The van der Waals surface area contributed by atoms with Gasteiger partial charge in [0.2, 0.25) is 5.91 Å². The maximum atomic E-state index is 11.1. The van der Waals surface area contributed by atoms with Crippen molar-refractivity contribution in [2.24, 2.45) is 0 Å². The fourth-order valence-corrected chi connectivity index (χ4v) is 1.09. The average Bonchev–Trinajstić information content (AvgIpc) is 2.12. The Labute approximate surface area is 84.1 Å². The van der Waals surface area contributed by atoms with Gasteiger partial charge in [0.25, 0.3) is 0 Å². The second-order valence-corrected chi connectivity index (χ2v) is 3.55. The van der Waals surface area contributed by atoms with Crippen molar-refractivity contribution in [3.05, 3.63) is 0 Å². The summed E-state index contributed by atoms with van der Waals surface area (Å²) in [4.78, 5) is 23.6. The zero-order chi connectivity index (χ0) is 11.4. The molecule has 0 heterocycles. The normalized spacial score (nSPS) is 11.5. The zero-order valence-electron chi connectivity index (χ0n) is 9.13. The van der Waals surface area contributed by atoms with Crippen molar-refractivity contribution < 1.29 is 14.7 Å². The molecule has 14 heavy (non-hydrogen) atoms. The summed E-state index contributed by atoms with van der Waals surface area (Å²) in [6.07, 6.45) is 0. The van der Waals surface area contributed by atoms with Gasteiger partial charge in [0.1, 0.15) is 5.54 Å². The molecule has 0 rings (SSSR count). The van der Waals surface area contributed by atoms with Gasteiger partial charge >= 0.3 is 5.97 Å². The summed E-state index contributed by atoms with van der Waals surface area (Å²) in [7, 11) is 1.53. The van der Waals surface area contributed by atoms with Crippen molar-refractivity contribution >= 4 is 11.9 Å². The first-order valence-electron chi connectivity index (χ1n) is 4.55. The smallest absolute Gasteiger partial charge is 0.323 e. The summed E-state index contributed by atoms with van der Waals surface area (Å²) < 4.78 is 0. The van der Waals surface area contributed by atoms with E-state index in [0.29, 0.717) is 6.54 Å². The molecule has 5 nitrogen and oxygen atoms in total. The SMILES string of the molecule is CCN(CC(=O)NC)C(C)(C)C(=O)O. The highest BCUT2D eigenvalue weighted by molar-refractivity contribution is 5.81. The molecule has 0 atom stereocenters. The topological polar surface area (TPSA) is 69.6 Å². The van der Waals surface area contributed by atoms with Crippen LogP contribution in [-0.4, -0.2) is 47.6 Å². The van der Waals surface area contributed by atoms with Crippen molar-refractivity contribution in [2.75, 3.05) is 20.1 Å². The van der Waals surface area contributed by atoms with E-state index in [0.717, 1.165) is 0 Å². The summed E-state index contributed by atoms with van der Waals surface area (Å²) in [5.74, 6) is -1.11. The molecule has 0 unspecified atom stereocenters. The molecular weight excluding hydrogens is 184 g/mol. The molecule has 0 saturated heterocycles. The molecule has 0 spiro atoms. The van der Waals surface area contributed by atoms with Crippen LogP contribution >= 0.6 is 0 Å². The molecule has 0 aliphatic rings. The molecule has 0 aromatic rings. The first kappa shape index (κ1) is 12.9. The summed E-state index contributed by atoms with van der Waals surface area (Å²) >= 11 is 0. The molecule has 0 radical (unpaired) electrons. The molecule has 0 saturated carbocycles. The third kappa shape index (κ3) is 2.99. The standard InChI is InChI=1S/C9H18N2O3/c1-5-11(6-7(12)10-4)9(2,3)8(13)14/h5-6H2,1-4H3,(H,10,12)(H,13,14). The van der Waals surface area contributed by atoms with Gasteiger partial charge in [0.05, 0.1) is 6.54 Å². The van der Waals surface area contributed by atoms with Crippen LogP contribution in [0, 0.1) is 0 Å². The molecule has 5 heteroatoms. The Hall–Kier alpha value is -1.10. The second kappa shape index (κ2) is 4.95. The molecule has 82 valence electrons. The number of carbonyl (C=O) groups is 2. The number of carbonyl (C=O) groups excluding carboxylic acids is 1. The van der Waals surface area contributed by atoms with Crippen LogP contribution in [0.2, 0.25) is 0 Å². The third-order valence-electron chi connectivity index (χ3n) is 2.31. The lowest BCUT2D eigenvalue weighted by molar-refractivity contribution is -0.150. The fraction of sp³-hybridized carbons (Fsp3) is 0.778. The van der Waals surface area contributed by atoms with E-state index in [1.54, 1.807) is 18.7 Å². The molecule has 2 N–H and O–H groups in total. The van der Waals surface area contributed by atoms with Crippen LogP contribution in [-0.2, 0) is 9.59 Å². The summed E-state index contributed by atoms with van der Waals surface area (Å²) in [6, 6.07) is 0. The van der Waals surface area contributed by atoms with Gasteiger partial charge < -0.3 is 10.4 Å². The molecule has 0 aromatic heterocycles. The number of hydrogen-bond donors (Lipinski definition) is 2. The van der Waals surface area contributed by atoms with E-state index in [2.05, 4.69) is 5.32 Å². The van der Waals surface area contributed by atoms with Gasteiger partial charge in [-0.15, -0.1) is 0 Å². The lowest BCUT2D eigenvalue weighted by Crippen LogP contribution is -2.53. The molecule has 0 aromatic carbocycles. The van der Waals surface area contributed by atoms with Crippen molar-refractivity contribution in [1.82, 2.24) is 10.2 Å². The number of carboxylic acid groups (broad SMARTS) is 1. The van der Waals surface area contributed by atoms with Crippen LogP contribution in [0.1, 0.15) is 20.8 Å². The number of likely N-dealkylation sites (N-methyl/N-ethyl adjacent to an activating group) is 2. The summed E-state index contributed by atoms with van der Waals surface area (Å²) in [5, 5.41) is 11.4. The average molecular weight is 202 g/mol. The predicted octanol–water partition coefficient (Wildman–Crippen LogP) is -0.0825. The number of nitrogens with one attached hydrogen (secondary N) is 1. The number of hydrogen-bond acceptors (Lipinski definition) is 3. The first-order valence-corrected chi connectivity index (χ1v) is 4.55. The Morgan fingerprint density at radius 3 is 2.21 bits per heavy atom. The van der Waals surface area contributed by atoms with E-state index in [-0.39, 0.29) is 12.5 Å². The summed E-state index contributed by atoms with van der Waals surface area (Å²) in [5.41, 5.74) is -1.01. The van der Waals surface area contributed by atoms with E-state index in [9.17, 15) is 9.59 Å². The lowest BCUT2D eigenvalue weighted by Gasteiger charge is -2.33. The minimum absolute atomic E-state index is 0.103. The maximum Gasteiger partial charge on any atom is 0.323 e. The van der Waals surface area contributed by atoms with Crippen molar-refractivity contribution in [3.8, 4) is 0 Å². The number of amides is 1. The van der Waals surface area contributed by atoms with Gasteiger partial charge in [-0.25, -0.2) is 0 Å². The highest BCUT2D eigenvalue weighted by Crippen LogP contribution is 2.13. The second-order valence-electron chi connectivity index (χ2n) is 3.55. The summed E-state index contributed by atoms with van der Waals surface area (Å²) in [6.45, 7) is 5.62. The number of aliphatic carboxylic acids is 1. The van der Waals surface area contributed by atoms with Crippen LogP contribution < -0.4 is 5.32 Å². The van der Waals surface area contributed by atoms with E-state index >= 15 is 0 Å². The van der Waals surface area contributed by atoms with Gasteiger partial charge in [-0.05, 0) is 20.4 Å². The van der Waals surface area contributed by atoms with E-state index in [4.69, 9.17) is 5.11 Å². The Morgan fingerprint density at radius 2 is 1.93 bits per heavy atom. The van der Waals surface area contributed by atoms with Gasteiger partial charge in [-0.2, -0.15) is 0 Å². The number of carboxylic acids is 1. The van der Waals surface area contributed by atoms with Crippen LogP contribution in [0.3, 0.4) is 0 Å². The quantitative estimate of drug-likeness (QED) is 0.654. The minimum atomic E-state index is -1.01. The van der Waals surface area contributed by atoms with Crippen molar-refractivity contribution in [1.29, 1.82) is 0 Å². The Kier molecular flexibility index (Phi) is 4.56. The first-order chi connectivity index (χ1) is 6.36. The van der Waals surface area contributed by atoms with E-state index < -0.39 is 11.5 Å².